The predicted octanol–water partition coefficient (Wildman–Crippen LogP) is 4.48. The highest BCUT2D eigenvalue weighted by atomic mass is 35.5. The topological polar surface area (TPSA) is 101 Å². The molecule has 33 heavy (non-hydrogen) atoms. The van der Waals surface area contributed by atoms with Crippen LogP contribution in [-0.2, 0) is 14.3 Å². The van der Waals surface area contributed by atoms with E-state index in [0.29, 0.717) is 42.2 Å². The molecule has 7 nitrogen and oxygen atoms in total. The third-order valence-corrected chi connectivity index (χ3v) is 7.13. The number of nitrogens with one attached hydrogen (secondary N) is 1. The van der Waals surface area contributed by atoms with E-state index in [1.807, 2.05) is 0 Å². The van der Waals surface area contributed by atoms with E-state index in [-0.39, 0.29) is 28.9 Å². The van der Waals surface area contributed by atoms with Crippen molar-refractivity contribution in [2.75, 3.05) is 7.11 Å². The van der Waals surface area contributed by atoms with Crippen LogP contribution >= 0.6 is 22.9 Å². The van der Waals surface area contributed by atoms with E-state index in [2.05, 4.69) is 15.3 Å². The minimum absolute atomic E-state index is 0.0456. The molecule has 2 aromatic rings. The Labute approximate surface area is 197 Å². The molecule has 1 aliphatic carbocycles. The second-order valence-corrected chi connectivity index (χ2v) is 9.08. The molecule has 0 bridgehead atoms. The second-order valence-electron chi connectivity index (χ2n) is 7.81. The SMILES string of the molecule is COC(=O)C1CCC(C2=C(C(=O)O)C(c3ccc(F)c(F)c3Cl)N=C(c3nccs3)N2)CC1. The van der Waals surface area contributed by atoms with E-state index >= 15 is 0 Å². The number of ether oxygens (including phenoxy) is 1. The molecule has 0 radical (unpaired) electrons. The number of aliphatic carboxylic acids is 1. The number of allylic oxidation sites excluding steroid dienone is 1. The fraction of sp³-hybridized carbons (Fsp3) is 0.364. The van der Waals surface area contributed by atoms with Gasteiger partial charge in [-0.3, -0.25) is 9.79 Å². The average Bonchev–Trinajstić information content (AvgIpc) is 3.36. The number of carbonyl (C=O) groups excluding carboxylic acids is 1. The lowest BCUT2D eigenvalue weighted by Gasteiger charge is -2.34. The molecule has 2 N–H and O–H groups in total. The monoisotopic (exact) mass is 495 g/mol. The van der Waals surface area contributed by atoms with Crippen LogP contribution in [0.3, 0.4) is 0 Å². The van der Waals surface area contributed by atoms with Crippen molar-refractivity contribution >= 4 is 40.7 Å². The first-order valence-corrected chi connectivity index (χ1v) is 11.5. The number of halogens is 3. The Hall–Kier alpha value is -2.85. The average molecular weight is 496 g/mol. The Morgan fingerprint density at radius 3 is 2.58 bits per heavy atom. The van der Waals surface area contributed by atoms with Crippen molar-refractivity contribution in [1.82, 2.24) is 10.3 Å². The molecule has 4 rings (SSSR count). The van der Waals surface area contributed by atoms with Gasteiger partial charge in [0.05, 0.1) is 23.6 Å². The van der Waals surface area contributed by atoms with Crippen molar-refractivity contribution in [3.05, 3.63) is 62.2 Å². The summed E-state index contributed by atoms with van der Waals surface area (Å²) in [5, 5.41) is 15.0. The molecule has 1 saturated carbocycles. The molecule has 0 amide bonds. The summed E-state index contributed by atoms with van der Waals surface area (Å²) in [4.78, 5) is 33.1. The summed E-state index contributed by atoms with van der Waals surface area (Å²) in [5.74, 6) is -4.06. The van der Waals surface area contributed by atoms with Crippen LogP contribution in [-0.4, -0.2) is 35.0 Å². The van der Waals surface area contributed by atoms with Gasteiger partial charge in [0.1, 0.15) is 6.04 Å². The van der Waals surface area contributed by atoms with Gasteiger partial charge in [0, 0.05) is 22.8 Å². The Kier molecular flexibility index (Phi) is 6.76. The minimum Gasteiger partial charge on any atom is -0.478 e. The molecule has 0 saturated heterocycles. The maximum absolute atomic E-state index is 14.3. The molecule has 2 aliphatic rings. The number of nitrogens with zero attached hydrogens (tertiary/aromatic N) is 2. The number of hydrogen-bond acceptors (Lipinski definition) is 7. The fourth-order valence-corrected chi connectivity index (χ4v) is 5.18. The molecule has 1 fully saturated rings. The van der Waals surface area contributed by atoms with Gasteiger partial charge in [-0.2, -0.15) is 0 Å². The number of carbonyl (C=O) groups is 2. The summed E-state index contributed by atoms with van der Waals surface area (Å²) in [6.45, 7) is 0. The minimum atomic E-state index is -1.26. The third kappa shape index (κ3) is 4.49. The lowest BCUT2D eigenvalue weighted by atomic mass is 9.78. The smallest absolute Gasteiger partial charge is 0.335 e. The van der Waals surface area contributed by atoms with Gasteiger partial charge in [0.2, 0.25) is 0 Å². The number of hydrogen-bond donors (Lipinski definition) is 2. The van der Waals surface area contributed by atoms with Crippen LogP contribution in [0.1, 0.15) is 42.3 Å². The van der Waals surface area contributed by atoms with Crippen LogP contribution in [0.15, 0.2) is 40.0 Å². The van der Waals surface area contributed by atoms with Gasteiger partial charge in [-0.1, -0.05) is 17.7 Å². The van der Waals surface area contributed by atoms with E-state index in [0.717, 1.165) is 6.07 Å². The van der Waals surface area contributed by atoms with E-state index in [4.69, 9.17) is 16.3 Å². The van der Waals surface area contributed by atoms with Crippen LogP contribution in [0.5, 0.6) is 0 Å². The number of thiazole rings is 1. The van der Waals surface area contributed by atoms with E-state index < -0.39 is 28.7 Å². The molecule has 1 unspecified atom stereocenters. The quantitative estimate of drug-likeness (QED) is 0.468. The normalized spacial score (nSPS) is 23.0. The maximum Gasteiger partial charge on any atom is 0.335 e. The molecule has 1 aliphatic heterocycles. The molecule has 11 heteroatoms. The molecule has 1 atom stereocenters. The van der Waals surface area contributed by atoms with Crippen molar-refractivity contribution in [2.24, 2.45) is 16.8 Å². The molecular formula is C22H20ClF2N3O4S. The number of rotatable bonds is 5. The van der Waals surface area contributed by atoms with Crippen molar-refractivity contribution in [3.8, 4) is 0 Å². The zero-order chi connectivity index (χ0) is 23.7. The van der Waals surface area contributed by atoms with Gasteiger partial charge >= 0.3 is 11.9 Å². The van der Waals surface area contributed by atoms with E-state index in [1.54, 1.807) is 11.6 Å². The first kappa shape index (κ1) is 23.3. The third-order valence-electron chi connectivity index (χ3n) is 5.97. The largest absolute Gasteiger partial charge is 0.478 e. The first-order valence-electron chi connectivity index (χ1n) is 10.2. The number of aromatic nitrogens is 1. The summed E-state index contributed by atoms with van der Waals surface area (Å²) < 4.78 is 32.8. The number of esters is 1. The van der Waals surface area contributed by atoms with Gasteiger partial charge in [0.15, 0.2) is 22.5 Å². The summed E-state index contributed by atoms with van der Waals surface area (Å²) in [6.07, 6.45) is 3.75. The Morgan fingerprint density at radius 2 is 1.97 bits per heavy atom. The number of aliphatic imine (C=N–C) groups is 1. The van der Waals surface area contributed by atoms with Gasteiger partial charge < -0.3 is 15.2 Å². The summed E-state index contributed by atoms with van der Waals surface area (Å²) in [6, 6.07) is 0.977. The van der Waals surface area contributed by atoms with Crippen molar-refractivity contribution in [3.63, 3.8) is 0 Å². The van der Waals surface area contributed by atoms with E-state index in [9.17, 15) is 23.5 Å². The van der Waals surface area contributed by atoms with Gasteiger partial charge in [-0.25, -0.2) is 18.6 Å². The number of methoxy groups -OCH3 is 1. The highest BCUT2D eigenvalue weighted by Crippen LogP contribution is 2.42. The fourth-order valence-electron chi connectivity index (χ4n) is 4.33. The van der Waals surface area contributed by atoms with Gasteiger partial charge in [-0.05, 0) is 37.7 Å². The Balaban J connectivity index is 1.79. The lowest BCUT2D eigenvalue weighted by molar-refractivity contribution is -0.146. The molecular weight excluding hydrogens is 476 g/mol. The standard InChI is InChI=1S/C22H20ClF2N3O4S/c1-32-22(31)11-4-2-10(3-5-11)17-14(21(29)30)18(12-6-7-13(24)16(25)15(12)23)28-19(27-17)20-26-8-9-33-20/h6-11,18H,2-5H2,1H3,(H,27,28)(H,29,30). The molecule has 0 spiro atoms. The van der Waals surface area contributed by atoms with Crippen molar-refractivity contribution in [2.45, 2.75) is 31.7 Å². The highest BCUT2D eigenvalue weighted by Gasteiger charge is 2.38. The number of benzene rings is 1. The predicted molar refractivity (Wildman–Crippen MR) is 118 cm³/mol. The van der Waals surface area contributed by atoms with Crippen LogP contribution in [0, 0.1) is 23.5 Å². The lowest BCUT2D eigenvalue weighted by Crippen LogP contribution is -2.38. The zero-order valence-electron chi connectivity index (χ0n) is 17.5. The number of carboxylic acid groups (broad SMARTS) is 1. The van der Waals surface area contributed by atoms with E-state index in [1.165, 1.54) is 24.5 Å². The Morgan fingerprint density at radius 1 is 1.24 bits per heavy atom. The van der Waals surface area contributed by atoms with Gasteiger partial charge in [-0.15, -0.1) is 11.3 Å². The van der Waals surface area contributed by atoms with Gasteiger partial charge in [0.25, 0.3) is 0 Å². The second kappa shape index (κ2) is 9.56. The Bertz CT molecular complexity index is 1140. The van der Waals surface area contributed by atoms with Crippen LogP contribution < -0.4 is 5.32 Å². The zero-order valence-corrected chi connectivity index (χ0v) is 19.1. The summed E-state index contributed by atoms with van der Waals surface area (Å²) in [7, 11) is 1.34. The molecule has 1 aromatic heterocycles. The van der Waals surface area contributed by atoms with Crippen LogP contribution in [0.4, 0.5) is 8.78 Å². The van der Waals surface area contributed by atoms with Crippen LogP contribution in [0.2, 0.25) is 5.02 Å². The summed E-state index contributed by atoms with van der Waals surface area (Å²) >= 11 is 7.39. The highest BCUT2D eigenvalue weighted by molar-refractivity contribution is 7.11. The molecule has 2 heterocycles. The number of amidine groups is 1. The summed E-state index contributed by atoms with van der Waals surface area (Å²) in [5.41, 5.74) is 0.366. The molecule has 174 valence electrons. The van der Waals surface area contributed by atoms with Crippen molar-refractivity contribution < 1.29 is 28.2 Å². The molecule has 1 aromatic carbocycles. The first-order chi connectivity index (χ1) is 15.8. The maximum atomic E-state index is 14.3. The van der Waals surface area contributed by atoms with Crippen molar-refractivity contribution in [1.29, 1.82) is 0 Å². The van der Waals surface area contributed by atoms with Crippen LogP contribution in [0.25, 0.3) is 0 Å². The number of carboxylic acids is 1.